The summed E-state index contributed by atoms with van der Waals surface area (Å²) in [5.41, 5.74) is 5.27. The minimum absolute atomic E-state index is 0. The van der Waals surface area contributed by atoms with Gasteiger partial charge in [-0.25, -0.2) is 4.79 Å². The van der Waals surface area contributed by atoms with E-state index in [9.17, 15) is 4.79 Å². The molecule has 0 saturated carbocycles. The molecule has 0 spiro atoms. The van der Waals surface area contributed by atoms with Crippen LogP contribution in [0, 0.1) is 5.41 Å². The van der Waals surface area contributed by atoms with Crippen LogP contribution in [0.4, 0.5) is 0 Å². The van der Waals surface area contributed by atoms with Gasteiger partial charge in [-0.1, -0.05) is 0 Å². The Hall–Kier alpha value is -0.560. The number of hydrogen-bond donors (Lipinski definition) is 4. The number of ether oxygens (including phenoxy) is 1. The van der Waals surface area contributed by atoms with E-state index in [1.807, 2.05) is 0 Å². The van der Waals surface area contributed by atoms with Gasteiger partial charge in [-0.3, -0.25) is 5.41 Å². The topological polar surface area (TPSA) is 108 Å². The number of rotatable bonds is 7. The van der Waals surface area contributed by atoms with E-state index in [1.54, 1.807) is 0 Å². The Kier molecular flexibility index (Phi) is 16.3. The van der Waals surface area contributed by atoms with Gasteiger partial charge in [-0.05, 0) is 19.4 Å². The quantitative estimate of drug-likeness (QED) is 0.393. The Morgan fingerprint density at radius 1 is 1.56 bits per heavy atom. The third-order valence-corrected chi connectivity index (χ3v) is 1.63. The number of amidine groups is 1. The van der Waals surface area contributed by atoms with E-state index >= 15 is 0 Å². The molecule has 6 nitrogen and oxygen atoms in total. The fourth-order valence-electron chi connectivity index (χ4n) is 0.976. The minimum atomic E-state index is -0.973. The first-order chi connectivity index (χ1) is 6.61. The molecule has 5 N–H and O–H groups in total. The number of carboxylic acids is 1. The van der Waals surface area contributed by atoms with Crippen LogP contribution in [0.2, 0.25) is 0 Å². The van der Waals surface area contributed by atoms with E-state index in [1.165, 1.54) is 7.11 Å². The standard InChI is InChI=1S/C8H17N3O3.2ClH/c1-14-5-7(10)11-6(8(12)13)3-2-4-9;;/h6H,2-5,9H2,1H3,(H2,10,11)(H,12,13);2*1H/t6-;;/m0../s1. The van der Waals surface area contributed by atoms with Crippen molar-refractivity contribution < 1.29 is 14.6 Å². The first-order valence-corrected chi connectivity index (χ1v) is 4.37. The summed E-state index contributed by atoms with van der Waals surface area (Å²) in [6.45, 7) is 0.537. The lowest BCUT2D eigenvalue weighted by molar-refractivity contribution is -0.139. The highest BCUT2D eigenvalue weighted by Crippen LogP contribution is 1.96. The van der Waals surface area contributed by atoms with E-state index in [0.717, 1.165) is 0 Å². The molecule has 0 unspecified atom stereocenters. The maximum atomic E-state index is 10.7. The first-order valence-electron chi connectivity index (χ1n) is 4.37. The molecule has 0 aliphatic carbocycles. The molecule has 0 heterocycles. The fourth-order valence-corrected chi connectivity index (χ4v) is 0.976. The second kappa shape index (κ2) is 12.5. The van der Waals surface area contributed by atoms with Gasteiger partial charge in [-0.2, -0.15) is 0 Å². The van der Waals surface area contributed by atoms with Crippen LogP contribution in [0.1, 0.15) is 12.8 Å². The van der Waals surface area contributed by atoms with Crippen LogP contribution >= 0.6 is 24.8 Å². The summed E-state index contributed by atoms with van der Waals surface area (Å²) < 4.78 is 4.68. The number of nitrogens with two attached hydrogens (primary N) is 1. The van der Waals surface area contributed by atoms with Crippen molar-refractivity contribution in [1.29, 1.82) is 5.41 Å². The minimum Gasteiger partial charge on any atom is -0.480 e. The summed E-state index contributed by atoms with van der Waals surface area (Å²) in [6, 6.07) is -0.749. The summed E-state index contributed by atoms with van der Waals surface area (Å²) >= 11 is 0. The van der Waals surface area contributed by atoms with Crippen molar-refractivity contribution >= 4 is 36.6 Å². The van der Waals surface area contributed by atoms with Crippen molar-refractivity contribution in [3.05, 3.63) is 0 Å². The van der Waals surface area contributed by atoms with Crippen LogP contribution in [0.3, 0.4) is 0 Å². The second-order valence-corrected chi connectivity index (χ2v) is 2.88. The predicted octanol–water partition coefficient (Wildman–Crippen LogP) is 0.235. The Morgan fingerprint density at radius 2 is 2.12 bits per heavy atom. The molecule has 0 bridgehead atoms. The van der Waals surface area contributed by atoms with E-state index in [0.29, 0.717) is 19.4 Å². The first kappa shape index (κ1) is 20.8. The largest absolute Gasteiger partial charge is 0.480 e. The third-order valence-electron chi connectivity index (χ3n) is 1.63. The van der Waals surface area contributed by atoms with Gasteiger partial charge in [0.15, 0.2) is 0 Å². The van der Waals surface area contributed by atoms with Gasteiger partial charge in [-0.15, -0.1) is 24.8 Å². The SMILES string of the molecule is COCC(=N)N[C@@H](CCCN)C(=O)O.Cl.Cl. The molecule has 1 atom stereocenters. The monoisotopic (exact) mass is 275 g/mol. The molecule has 16 heavy (non-hydrogen) atoms. The Morgan fingerprint density at radius 3 is 2.50 bits per heavy atom. The van der Waals surface area contributed by atoms with Crippen molar-refractivity contribution in [2.24, 2.45) is 5.73 Å². The number of nitrogens with one attached hydrogen (secondary N) is 2. The molecule has 0 aromatic carbocycles. The summed E-state index contributed by atoms with van der Waals surface area (Å²) in [7, 11) is 1.45. The van der Waals surface area contributed by atoms with Crippen LogP contribution in [-0.4, -0.2) is 43.2 Å². The normalized spacial score (nSPS) is 10.6. The molecule has 0 amide bonds. The fraction of sp³-hybridized carbons (Fsp3) is 0.750. The summed E-state index contributed by atoms with van der Waals surface area (Å²) in [4.78, 5) is 10.7. The highest BCUT2D eigenvalue weighted by Gasteiger charge is 2.17. The number of halogens is 2. The molecular formula is C8H19Cl2N3O3. The number of carbonyl (C=O) groups is 1. The van der Waals surface area contributed by atoms with E-state index in [4.69, 9.17) is 16.2 Å². The van der Waals surface area contributed by atoms with Gasteiger partial charge in [0.1, 0.15) is 18.5 Å². The number of hydrogen-bond acceptors (Lipinski definition) is 4. The van der Waals surface area contributed by atoms with Crippen molar-refractivity contribution in [1.82, 2.24) is 5.32 Å². The molecular weight excluding hydrogens is 257 g/mol. The molecule has 0 saturated heterocycles. The van der Waals surface area contributed by atoms with Gasteiger partial charge in [0.2, 0.25) is 0 Å². The third kappa shape index (κ3) is 9.97. The molecule has 0 aliphatic rings. The lowest BCUT2D eigenvalue weighted by atomic mass is 10.1. The molecule has 0 radical (unpaired) electrons. The second-order valence-electron chi connectivity index (χ2n) is 2.88. The zero-order chi connectivity index (χ0) is 11.0. The van der Waals surface area contributed by atoms with Crippen LogP contribution in [-0.2, 0) is 9.53 Å². The molecule has 98 valence electrons. The summed E-state index contributed by atoms with van der Waals surface area (Å²) in [6.07, 6.45) is 1.03. The van der Waals surface area contributed by atoms with Crippen LogP contribution in [0.5, 0.6) is 0 Å². The Balaban J connectivity index is -0.000000845. The highest BCUT2D eigenvalue weighted by atomic mass is 35.5. The van der Waals surface area contributed by atoms with E-state index in [2.05, 4.69) is 10.1 Å². The van der Waals surface area contributed by atoms with Gasteiger partial charge in [0.05, 0.1) is 0 Å². The number of carboxylic acid groups (broad SMARTS) is 1. The van der Waals surface area contributed by atoms with Crippen molar-refractivity contribution in [3.8, 4) is 0 Å². The smallest absolute Gasteiger partial charge is 0.326 e. The average Bonchev–Trinajstić information content (AvgIpc) is 2.12. The van der Waals surface area contributed by atoms with Crippen molar-refractivity contribution in [2.45, 2.75) is 18.9 Å². The van der Waals surface area contributed by atoms with Crippen LogP contribution in [0.25, 0.3) is 0 Å². The number of aliphatic carboxylic acids is 1. The lowest BCUT2D eigenvalue weighted by Crippen LogP contribution is -2.42. The zero-order valence-electron chi connectivity index (χ0n) is 9.06. The maximum Gasteiger partial charge on any atom is 0.326 e. The van der Waals surface area contributed by atoms with Crippen molar-refractivity contribution in [3.63, 3.8) is 0 Å². The molecule has 0 aliphatic heterocycles. The Bertz CT molecular complexity index is 205. The van der Waals surface area contributed by atoms with Gasteiger partial charge < -0.3 is 20.9 Å². The summed E-state index contributed by atoms with van der Waals surface area (Å²) in [5.74, 6) is -0.906. The summed E-state index contributed by atoms with van der Waals surface area (Å²) in [5, 5.41) is 18.6. The Labute approximate surface area is 107 Å². The van der Waals surface area contributed by atoms with E-state index in [-0.39, 0.29) is 37.3 Å². The molecule has 0 rings (SSSR count). The number of methoxy groups -OCH3 is 1. The zero-order valence-corrected chi connectivity index (χ0v) is 10.7. The van der Waals surface area contributed by atoms with Crippen LogP contribution < -0.4 is 11.1 Å². The molecule has 0 fully saturated rings. The molecule has 0 aromatic heterocycles. The highest BCUT2D eigenvalue weighted by molar-refractivity contribution is 5.86. The van der Waals surface area contributed by atoms with Gasteiger partial charge in [0, 0.05) is 7.11 Å². The predicted molar refractivity (Wildman–Crippen MR) is 66.9 cm³/mol. The van der Waals surface area contributed by atoms with E-state index < -0.39 is 12.0 Å². The molecule has 8 heteroatoms. The van der Waals surface area contributed by atoms with Crippen molar-refractivity contribution in [2.75, 3.05) is 20.3 Å². The van der Waals surface area contributed by atoms with Gasteiger partial charge >= 0.3 is 5.97 Å². The van der Waals surface area contributed by atoms with Crippen LogP contribution in [0.15, 0.2) is 0 Å². The lowest BCUT2D eigenvalue weighted by Gasteiger charge is -2.15. The molecule has 0 aromatic rings. The van der Waals surface area contributed by atoms with Gasteiger partial charge in [0.25, 0.3) is 0 Å². The average molecular weight is 276 g/mol. The maximum absolute atomic E-state index is 10.7.